The maximum Gasteiger partial charge on any atom is 0.0518 e. The van der Waals surface area contributed by atoms with Crippen LogP contribution in [0, 0.1) is 6.92 Å². The number of hydrogen-bond donors (Lipinski definition) is 1. The molecule has 1 unspecified atom stereocenters. The van der Waals surface area contributed by atoms with Gasteiger partial charge in [-0.25, -0.2) is 0 Å². The highest BCUT2D eigenvalue weighted by molar-refractivity contribution is 4.99. The van der Waals surface area contributed by atoms with Crippen molar-refractivity contribution in [2.45, 2.75) is 46.2 Å². The summed E-state index contributed by atoms with van der Waals surface area (Å²) < 4.78 is 2.01. The van der Waals surface area contributed by atoms with E-state index in [-0.39, 0.29) is 0 Å². The Hall–Kier alpha value is -0.830. The molecule has 0 amide bonds. The van der Waals surface area contributed by atoms with Gasteiger partial charge >= 0.3 is 0 Å². The zero-order chi connectivity index (χ0) is 10.4. The zero-order valence-corrected chi connectivity index (χ0v) is 9.45. The van der Waals surface area contributed by atoms with Crippen molar-refractivity contribution in [1.82, 2.24) is 15.1 Å². The van der Waals surface area contributed by atoms with E-state index in [1.165, 1.54) is 12.0 Å². The van der Waals surface area contributed by atoms with Crippen LogP contribution in [0.1, 0.15) is 32.3 Å². The fourth-order valence-corrected chi connectivity index (χ4v) is 1.32. The highest BCUT2D eigenvalue weighted by Gasteiger charge is 1.97. The lowest BCUT2D eigenvalue weighted by molar-refractivity contribution is 0.489. The normalized spacial score (nSPS) is 13.1. The highest BCUT2D eigenvalue weighted by atomic mass is 15.3. The summed E-state index contributed by atoms with van der Waals surface area (Å²) in [5, 5.41) is 7.71. The molecule has 0 aliphatic heterocycles. The quantitative estimate of drug-likeness (QED) is 0.703. The number of aromatic nitrogens is 2. The van der Waals surface area contributed by atoms with E-state index >= 15 is 0 Å². The van der Waals surface area contributed by atoms with Gasteiger partial charge in [0.2, 0.25) is 0 Å². The molecule has 0 saturated carbocycles. The summed E-state index contributed by atoms with van der Waals surface area (Å²) in [5.41, 5.74) is 1.24. The number of hydrogen-bond acceptors (Lipinski definition) is 2. The summed E-state index contributed by atoms with van der Waals surface area (Å²) in [6.45, 7) is 8.58. The second kappa shape index (κ2) is 5.81. The standard InChI is InChI=1S/C11H21N3/c1-4-11(3)12-6-5-7-14-9-10(2)8-13-14/h8-9,11-12H,4-7H2,1-3H3. The molecule has 0 aliphatic rings. The van der Waals surface area contributed by atoms with Gasteiger partial charge in [-0.3, -0.25) is 4.68 Å². The Morgan fingerprint density at radius 1 is 1.57 bits per heavy atom. The van der Waals surface area contributed by atoms with E-state index in [4.69, 9.17) is 0 Å². The first-order chi connectivity index (χ1) is 6.72. The minimum absolute atomic E-state index is 0.634. The lowest BCUT2D eigenvalue weighted by Crippen LogP contribution is -2.26. The van der Waals surface area contributed by atoms with E-state index in [1.54, 1.807) is 0 Å². The lowest BCUT2D eigenvalue weighted by atomic mass is 10.2. The van der Waals surface area contributed by atoms with Crippen LogP contribution in [0.25, 0.3) is 0 Å². The average Bonchev–Trinajstić information content (AvgIpc) is 2.58. The largest absolute Gasteiger partial charge is 0.314 e. The molecule has 0 fully saturated rings. The Morgan fingerprint density at radius 3 is 2.93 bits per heavy atom. The number of aryl methyl sites for hydroxylation is 2. The number of nitrogens with zero attached hydrogens (tertiary/aromatic N) is 2. The van der Waals surface area contributed by atoms with Gasteiger partial charge in [-0.05, 0) is 38.8 Å². The Kier molecular flexibility index (Phi) is 4.66. The lowest BCUT2D eigenvalue weighted by Gasteiger charge is -2.10. The Balaban J connectivity index is 2.10. The molecule has 1 aromatic rings. The smallest absolute Gasteiger partial charge is 0.0518 e. The first-order valence-corrected chi connectivity index (χ1v) is 5.44. The first kappa shape index (κ1) is 11.2. The van der Waals surface area contributed by atoms with Crippen LogP contribution in [0.15, 0.2) is 12.4 Å². The molecule has 3 heteroatoms. The van der Waals surface area contributed by atoms with Crippen LogP contribution in [-0.2, 0) is 6.54 Å². The van der Waals surface area contributed by atoms with Gasteiger partial charge in [0.25, 0.3) is 0 Å². The van der Waals surface area contributed by atoms with Crippen LogP contribution in [-0.4, -0.2) is 22.4 Å². The minimum atomic E-state index is 0.634. The van der Waals surface area contributed by atoms with E-state index in [9.17, 15) is 0 Å². The maximum absolute atomic E-state index is 4.24. The summed E-state index contributed by atoms with van der Waals surface area (Å²) in [6.07, 6.45) is 6.33. The van der Waals surface area contributed by atoms with Crippen molar-refractivity contribution in [2.75, 3.05) is 6.54 Å². The highest BCUT2D eigenvalue weighted by Crippen LogP contribution is 1.95. The van der Waals surface area contributed by atoms with Crippen molar-refractivity contribution in [3.05, 3.63) is 18.0 Å². The molecule has 1 heterocycles. The van der Waals surface area contributed by atoms with Crippen LogP contribution in [0.5, 0.6) is 0 Å². The van der Waals surface area contributed by atoms with Crippen molar-refractivity contribution < 1.29 is 0 Å². The fraction of sp³-hybridized carbons (Fsp3) is 0.727. The van der Waals surface area contributed by atoms with Crippen molar-refractivity contribution >= 4 is 0 Å². The van der Waals surface area contributed by atoms with Gasteiger partial charge in [0.15, 0.2) is 0 Å². The molecule has 0 aliphatic carbocycles. The van der Waals surface area contributed by atoms with Gasteiger partial charge in [0.05, 0.1) is 6.20 Å². The third-order valence-corrected chi connectivity index (χ3v) is 2.43. The van der Waals surface area contributed by atoms with Gasteiger partial charge in [0.1, 0.15) is 0 Å². The summed E-state index contributed by atoms with van der Waals surface area (Å²) in [6, 6.07) is 0.634. The molecule has 0 bridgehead atoms. The van der Waals surface area contributed by atoms with Gasteiger partial charge in [-0.1, -0.05) is 6.92 Å². The van der Waals surface area contributed by atoms with Crippen molar-refractivity contribution in [3.8, 4) is 0 Å². The summed E-state index contributed by atoms with van der Waals surface area (Å²) in [5.74, 6) is 0. The van der Waals surface area contributed by atoms with Crippen LogP contribution >= 0.6 is 0 Å². The SMILES string of the molecule is CCC(C)NCCCn1cc(C)cn1. The van der Waals surface area contributed by atoms with Crippen molar-refractivity contribution in [2.24, 2.45) is 0 Å². The molecule has 3 nitrogen and oxygen atoms in total. The number of rotatable bonds is 6. The van der Waals surface area contributed by atoms with Gasteiger partial charge in [0, 0.05) is 18.8 Å². The van der Waals surface area contributed by atoms with Gasteiger partial charge in [-0.15, -0.1) is 0 Å². The molecule has 0 aromatic carbocycles. The van der Waals surface area contributed by atoms with Gasteiger partial charge < -0.3 is 5.32 Å². The summed E-state index contributed by atoms with van der Waals surface area (Å²) in [4.78, 5) is 0. The Bertz CT molecular complexity index is 255. The van der Waals surface area contributed by atoms with Crippen LogP contribution < -0.4 is 5.32 Å². The fourth-order valence-electron chi connectivity index (χ4n) is 1.32. The van der Waals surface area contributed by atoms with E-state index in [1.807, 2.05) is 10.9 Å². The van der Waals surface area contributed by atoms with Crippen molar-refractivity contribution in [1.29, 1.82) is 0 Å². The molecule has 1 N–H and O–H groups in total. The maximum atomic E-state index is 4.24. The molecule has 0 saturated heterocycles. The van der Waals surface area contributed by atoms with E-state index in [0.29, 0.717) is 6.04 Å². The average molecular weight is 195 g/mol. The van der Waals surface area contributed by atoms with E-state index in [0.717, 1.165) is 19.5 Å². The molecule has 80 valence electrons. The molecular formula is C11H21N3. The predicted molar refractivity (Wildman–Crippen MR) is 59.3 cm³/mol. The Labute approximate surface area is 86.5 Å². The summed E-state index contributed by atoms with van der Waals surface area (Å²) in [7, 11) is 0. The minimum Gasteiger partial charge on any atom is -0.314 e. The Morgan fingerprint density at radius 2 is 2.36 bits per heavy atom. The number of nitrogens with one attached hydrogen (secondary N) is 1. The second-order valence-corrected chi connectivity index (χ2v) is 3.90. The molecule has 1 rings (SSSR count). The third-order valence-electron chi connectivity index (χ3n) is 2.43. The molecule has 1 atom stereocenters. The molecule has 14 heavy (non-hydrogen) atoms. The monoisotopic (exact) mass is 195 g/mol. The topological polar surface area (TPSA) is 29.9 Å². The second-order valence-electron chi connectivity index (χ2n) is 3.90. The van der Waals surface area contributed by atoms with E-state index < -0.39 is 0 Å². The van der Waals surface area contributed by atoms with Gasteiger partial charge in [-0.2, -0.15) is 5.10 Å². The summed E-state index contributed by atoms with van der Waals surface area (Å²) >= 11 is 0. The molecular weight excluding hydrogens is 174 g/mol. The van der Waals surface area contributed by atoms with Crippen molar-refractivity contribution in [3.63, 3.8) is 0 Å². The predicted octanol–water partition coefficient (Wildman–Crippen LogP) is 1.97. The zero-order valence-electron chi connectivity index (χ0n) is 9.45. The first-order valence-electron chi connectivity index (χ1n) is 5.44. The molecule has 0 spiro atoms. The third kappa shape index (κ3) is 3.92. The van der Waals surface area contributed by atoms with Crippen LogP contribution in [0.2, 0.25) is 0 Å². The van der Waals surface area contributed by atoms with Crippen LogP contribution in [0.3, 0.4) is 0 Å². The molecule has 1 aromatic heterocycles. The van der Waals surface area contributed by atoms with E-state index in [2.05, 4.69) is 37.4 Å². The van der Waals surface area contributed by atoms with Crippen LogP contribution in [0.4, 0.5) is 0 Å². The molecule has 0 radical (unpaired) electrons.